The highest BCUT2D eigenvalue weighted by Gasteiger charge is 2.07. The first kappa shape index (κ1) is 13.7. The van der Waals surface area contributed by atoms with E-state index in [0.29, 0.717) is 33.3 Å². The van der Waals surface area contributed by atoms with E-state index in [9.17, 15) is 4.79 Å². The van der Waals surface area contributed by atoms with Gasteiger partial charge in [-0.15, -0.1) is 0 Å². The van der Waals surface area contributed by atoms with Crippen molar-refractivity contribution in [3.05, 3.63) is 67.0 Å². The van der Waals surface area contributed by atoms with Crippen molar-refractivity contribution in [3.8, 4) is 6.07 Å². The summed E-state index contributed by atoms with van der Waals surface area (Å²) in [6, 6.07) is 8.87. The average Bonchev–Trinajstić information content (AvgIpc) is 2.37. The molecule has 19 heavy (non-hydrogen) atoms. The summed E-state index contributed by atoms with van der Waals surface area (Å²) in [5.74, 6) is 0. The van der Waals surface area contributed by atoms with E-state index in [1.807, 2.05) is 0 Å². The van der Waals surface area contributed by atoms with E-state index in [0.717, 1.165) is 5.56 Å². The van der Waals surface area contributed by atoms with Crippen LogP contribution in [0.1, 0.15) is 22.4 Å². The van der Waals surface area contributed by atoms with Crippen LogP contribution in [0.15, 0.2) is 29.1 Å². The van der Waals surface area contributed by atoms with E-state index in [4.69, 9.17) is 28.5 Å². The molecule has 0 saturated heterocycles. The molecule has 0 aliphatic heterocycles. The molecule has 0 spiro atoms. The lowest BCUT2D eigenvalue weighted by Gasteiger charge is -2.05. The molecule has 1 N–H and O–H groups in total. The van der Waals surface area contributed by atoms with Crippen molar-refractivity contribution in [1.82, 2.24) is 4.98 Å². The predicted molar refractivity (Wildman–Crippen MR) is 75.8 cm³/mol. The third-order valence-corrected chi connectivity index (χ3v) is 3.55. The Bertz CT molecular complexity index is 729. The minimum absolute atomic E-state index is 0.192. The first-order chi connectivity index (χ1) is 9.01. The molecule has 0 fully saturated rings. The molecule has 0 aliphatic carbocycles. The topological polar surface area (TPSA) is 56.6 Å². The number of aryl methyl sites for hydroxylation is 1. The monoisotopic (exact) mass is 292 g/mol. The number of pyridine rings is 1. The fourth-order valence-corrected chi connectivity index (χ4v) is 2.10. The van der Waals surface area contributed by atoms with Crippen LogP contribution in [-0.4, -0.2) is 4.98 Å². The van der Waals surface area contributed by atoms with Crippen LogP contribution in [0.2, 0.25) is 10.0 Å². The summed E-state index contributed by atoms with van der Waals surface area (Å²) in [4.78, 5) is 14.5. The third kappa shape index (κ3) is 2.98. The largest absolute Gasteiger partial charge is 0.325 e. The Hall–Kier alpha value is -1.76. The Kier molecular flexibility index (Phi) is 3.94. The van der Waals surface area contributed by atoms with Gasteiger partial charge >= 0.3 is 0 Å². The SMILES string of the molecule is Cc1[nH]c(=O)c(Cc2ccc(Cl)c(Cl)c2)cc1C#N. The second kappa shape index (κ2) is 5.48. The Morgan fingerprint density at radius 2 is 2.00 bits per heavy atom. The van der Waals surface area contributed by atoms with Gasteiger partial charge in [-0.3, -0.25) is 4.79 Å². The van der Waals surface area contributed by atoms with Crippen molar-refractivity contribution in [2.75, 3.05) is 0 Å². The number of nitrogens with zero attached hydrogens (tertiary/aromatic N) is 1. The van der Waals surface area contributed by atoms with Gasteiger partial charge in [0.1, 0.15) is 6.07 Å². The zero-order valence-electron chi connectivity index (χ0n) is 10.1. The summed E-state index contributed by atoms with van der Waals surface area (Å²) in [5, 5.41) is 9.89. The second-order valence-corrected chi connectivity index (χ2v) is 5.01. The fourth-order valence-electron chi connectivity index (χ4n) is 1.78. The lowest BCUT2D eigenvalue weighted by Crippen LogP contribution is -2.15. The summed E-state index contributed by atoms with van der Waals surface area (Å²) in [6.45, 7) is 1.70. The summed E-state index contributed by atoms with van der Waals surface area (Å²) >= 11 is 11.8. The van der Waals surface area contributed by atoms with Crippen molar-refractivity contribution in [2.45, 2.75) is 13.3 Å². The number of rotatable bonds is 2. The normalized spacial score (nSPS) is 10.2. The predicted octanol–water partition coefficient (Wildman–Crippen LogP) is 3.45. The van der Waals surface area contributed by atoms with Gasteiger partial charge in [0.2, 0.25) is 0 Å². The molecule has 96 valence electrons. The zero-order valence-corrected chi connectivity index (χ0v) is 11.6. The Labute approximate surface area is 120 Å². The molecule has 0 aliphatic rings. The summed E-state index contributed by atoms with van der Waals surface area (Å²) in [5.41, 5.74) is 2.25. The molecule has 3 nitrogen and oxygen atoms in total. The minimum Gasteiger partial charge on any atom is -0.325 e. The minimum atomic E-state index is -0.192. The lowest BCUT2D eigenvalue weighted by molar-refractivity contribution is 1.05. The number of hydrogen-bond acceptors (Lipinski definition) is 2. The highest BCUT2D eigenvalue weighted by Crippen LogP contribution is 2.23. The molecule has 0 bridgehead atoms. The average molecular weight is 293 g/mol. The van der Waals surface area contributed by atoms with Crippen LogP contribution in [-0.2, 0) is 6.42 Å². The standard InChI is InChI=1S/C14H10Cl2N2O/c1-8-11(7-17)6-10(14(19)18-8)4-9-2-3-12(15)13(16)5-9/h2-3,5-6H,4H2,1H3,(H,18,19). The van der Waals surface area contributed by atoms with Crippen LogP contribution in [0.4, 0.5) is 0 Å². The maximum absolute atomic E-state index is 11.8. The van der Waals surface area contributed by atoms with Crippen LogP contribution in [0, 0.1) is 18.3 Å². The van der Waals surface area contributed by atoms with Gasteiger partial charge in [-0.25, -0.2) is 0 Å². The van der Waals surface area contributed by atoms with Crippen molar-refractivity contribution >= 4 is 23.2 Å². The van der Waals surface area contributed by atoms with E-state index in [2.05, 4.69) is 11.1 Å². The Balaban J connectivity index is 2.41. The molecule has 1 heterocycles. The van der Waals surface area contributed by atoms with Crippen molar-refractivity contribution in [3.63, 3.8) is 0 Å². The summed E-state index contributed by atoms with van der Waals surface area (Å²) < 4.78 is 0. The molecule has 5 heteroatoms. The van der Waals surface area contributed by atoms with Gasteiger partial charge in [-0.1, -0.05) is 29.3 Å². The van der Waals surface area contributed by atoms with Crippen molar-refractivity contribution < 1.29 is 0 Å². The molecule has 2 rings (SSSR count). The number of nitrogens with one attached hydrogen (secondary N) is 1. The molecule has 0 radical (unpaired) electrons. The molecule has 0 saturated carbocycles. The third-order valence-electron chi connectivity index (χ3n) is 2.81. The van der Waals surface area contributed by atoms with Gasteiger partial charge in [0.15, 0.2) is 0 Å². The second-order valence-electron chi connectivity index (χ2n) is 4.20. The lowest BCUT2D eigenvalue weighted by atomic mass is 10.0. The Morgan fingerprint density at radius 3 is 2.63 bits per heavy atom. The summed E-state index contributed by atoms with van der Waals surface area (Å²) in [6.07, 6.45) is 0.404. The number of halogens is 2. The van der Waals surface area contributed by atoms with E-state index < -0.39 is 0 Å². The number of benzene rings is 1. The molecule has 2 aromatic rings. The first-order valence-corrected chi connectivity index (χ1v) is 6.33. The van der Waals surface area contributed by atoms with E-state index in [1.54, 1.807) is 31.2 Å². The van der Waals surface area contributed by atoms with Gasteiger partial charge in [-0.05, 0) is 30.7 Å². The van der Waals surface area contributed by atoms with Crippen LogP contribution >= 0.6 is 23.2 Å². The highest BCUT2D eigenvalue weighted by atomic mass is 35.5. The van der Waals surface area contributed by atoms with Gasteiger partial charge < -0.3 is 4.98 Å². The van der Waals surface area contributed by atoms with Gasteiger partial charge in [0, 0.05) is 17.7 Å². The highest BCUT2D eigenvalue weighted by molar-refractivity contribution is 6.42. The number of nitriles is 1. The van der Waals surface area contributed by atoms with Crippen LogP contribution in [0.3, 0.4) is 0 Å². The molecule has 0 unspecified atom stereocenters. The Morgan fingerprint density at radius 1 is 1.26 bits per heavy atom. The number of aromatic nitrogens is 1. The smallest absolute Gasteiger partial charge is 0.251 e. The molecule has 1 aromatic carbocycles. The van der Waals surface area contributed by atoms with Gasteiger partial charge in [0.05, 0.1) is 15.6 Å². The van der Waals surface area contributed by atoms with E-state index in [-0.39, 0.29) is 5.56 Å². The van der Waals surface area contributed by atoms with Crippen molar-refractivity contribution in [2.24, 2.45) is 0 Å². The van der Waals surface area contributed by atoms with Gasteiger partial charge in [0.25, 0.3) is 5.56 Å². The van der Waals surface area contributed by atoms with Crippen LogP contribution < -0.4 is 5.56 Å². The molecule has 1 aromatic heterocycles. The number of aromatic amines is 1. The van der Waals surface area contributed by atoms with Crippen molar-refractivity contribution in [1.29, 1.82) is 5.26 Å². The van der Waals surface area contributed by atoms with E-state index in [1.165, 1.54) is 0 Å². The maximum atomic E-state index is 11.8. The summed E-state index contributed by atoms with van der Waals surface area (Å²) in [7, 11) is 0. The van der Waals surface area contributed by atoms with Gasteiger partial charge in [-0.2, -0.15) is 5.26 Å². The fraction of sp³-hybridized carbons (Fsp3) is 0.143. The van der Waals surface area contributed by atoms with E-state index >= 15 is 0 Å². The molecular weight excluding hydrogens is 283 g/mol. The van der Waals surface area contributed by atoms with Crippen LogP contribution in [0.25, 0.3) is 0 Å². The first-order valence-electron chi connectivity index (χ1n) is 5.58. The molecular formula is C14H10Cl2N2O. The zero-order chi connectivity index (χ0) is 14.0. The maximum Gasteiger partial charge on any atom is 0.251 e. The molecule has 0 atom stereocenters. The van der Waals surface area contributed by atoms with Crippen LogP contribution in [0.5, 0.6) is 0 Å². The number of hydrogen-bond donors (Lipinski definition) is 1. The molecule has 0 amide bonds. The quantitative estimate of drug-likeness (QED) is 0.922. The number of H-pyrrole nitrogens is 1.